The molecule has 1 saturated heterocycles. The Bertz CT molecular complexity index is 778. The van der Waals surface area contributed by atoms with Crippen LogP contribution in [0.1, 0.15) is 40.5 Å². The minimum atomic E-state index is -1.03. The fourth-order valence-electron chi connectivity index (χ4n) is 3.51. The van der Waals surface area contributed by atoms with Gasteiger partial charge in [0.25, 0.3) is 0 Å². The number of carboxylic acid groups (broad SMARTS) is 1. The standard InChI is InChI=1S/C18H21ClFN3O2/c1-11-7-17(18(24)25)22-23(11)10-13-9-21-6-2-3-14(13)12-4-5-15(19)16(20)8-12/h4-5,7-8,13-14,21H,2-3,6,9-10H2,1H3,(H,24,25)/t13-,14-/m0/s1. The Morgan fingerprint density at radius 1 is 1.48 bits per heavy atom. The average Bonchev–Trinajstić information content (AvgIpc) is 2.79. The molecule has 134 valence electrons. The van der Waals surface area contributed by atoms with E-state index < -0.39 is 11.8 Å². The summed E-state index contributed by atoms with van der Waals surface area (Å²) in [5.74, 6) is -1.09. The molecule has 0 unspecified atom stereocenters. The zero-order valence-electron chi connectivity index (χ0n) is 14.0. The lowest BCUT2D eigenvalue weighted by atomic mass is 9.83. The topological polar surface area (TPSA) is 67.1 Å². The van der Waals surface area contributed by atoms with Crippen LogP contribution in [0.4, 0.5) is 4.39 Å². The number of halogens is 2. The van der Waals surface area contributed by atoms with Crippen molar-refractivity contribution < 1.29 is 14.3 Å². The summed E-state index contributed by atoms with van der Waals surface area (Å²) in [6, 6.07) is 6.57. The molecule has 1 aromatic carbocycles. The first kappa shape index (κ1) is 17.9. The number of benzene rings is 1. The number of nitrogens with zero attached hydrogens (tertiary/aromatic N) is 2. The summed E-state index contributed by atoms with van der Waals surface area (Å²) in [7, 11) is 0. The van der Waals surface area contributed by atoms with Gasteiger partial charge in [0.2, 0.25) is 0 Å². The lowest BCUT2D eigenvalue weighted by molar-refractivity contribution is 0.0689. The number of hydrogen-bond donors (Lipinski definition) is 2. The van der Waals surface area contributed by atoms with Crippen molar-refractivity contribution in [1.82, 2.24) is 15.1 Å². The molecule has 0 aliphatic carbocycles. The first-order valence-electron chi connectivity index (χ1n) is 8.39. The molecule has 1 aliphatic rings. The monoisotopic (exact) mass is 365 g/mol. The predicted octanol–water partition coefficient (Wildman–Crippen LogP) is 3.47. The van der Waals surface area contributed by atoms with Crippen molar-refractivity contribution in [2.75, 3.05) is 13.1 Å². The van der Waals surface area contributed by atoms with Crippen LogP contribution in [0.2, 0.25) is 5.02 Å². The molecule has 1 aromatic heterocycles. The van der Waals surface area contributed by atoms with Crippen molar-refractivity contribution in [3.63, 3.8) is 0 Å². The fourth-order valence-corrected chi connectivity index (χ4v) is 3.63. The van der Waals surface area contributed by atoms with Gasteiger partial charge in [0.15, 0.2) is 5.69 Å². The van der Waals surface area contributed by atoms with Gasteiger partial charge >= 0.3 is 5.97 Å². The molecule has 0 bridgehead atoms. The Balaban J connectivity index is 1.88. The second-order valence-corrected chi connectivity index (χ2v) is 6.95. The highest BCUT2D eigenvalue weighted by molar-refractivity contribution is 6.30. The Morgan fingerprint density at radius 2 is 2.28 bits per heavy atom. The van der Waals surface area contributed by atoms with E-state index in [1.165, 1.54) is 6.07 Å². The molecule has 7 heteroatoms. The maximum absolute atomic E-state index is 13.9. The molecule has 2 N–H and O–H groups in total. The first-order valence-corrected chi connectivity index (χ1v) is 8.77. The SMILES string of the molecule is Cc1cc(C(=O)O)nn1C[C@@H]1CNCCC[C@H]1c1ccc(Cl)c(F)c1. The minimum absolute atomic E-state index is 0.0492. The van der Waals surface area contributed by atoms with Crippen LogP contribution in [0.15, 0.2) is 24.3 Å². The Hall–Kier alpha value is -1.92. The van der Waals surface area contributed by atoms with E-state index in [2.05, 4.69) is 10.4 Å². The highest BCUT2D eigenvalue weighted by atomic mass is 35.5. The van der Waals surface area contributed by atoms with Crippen LogP contribution in [-0.4, -0.2) is 33.9 Å². The Kier molecular flexibility index (Phi) is 5.39. The van der Waals surface area contributed by atoms with Gasteiger partial charge in [-0.2, -0.15) is 5.10 Å². The number of rotatable bonds is 4. The molecule has 5 nitrogen and oxygen atoms in total. The molecule has 1 aliphatic heterocycles. The van der Waals surface area contributed by atoms with Gasteiger partial charge in [-0.1, -0.05) is 17.7 Å². The number of nitrogens with one attached hydrogen (secondary N) is 1. The molecule has 2 aromatic rings. The number of aryl methyl sites for hydroxylation is 1. The second-order valence-electron chi connectivity index (χ2n) is 6.54. The minimum Gasteiger partial charge on any atom is -0.476 e. The van der Waals surface area contributed by atoms with Gasteiger partial charge in [0, 0.05) is 18.8 Å². The summed E-state index contributed by atoms with van der Waals surface area (Å²) in [4.78, 5) is 11.1. The predicted molar refractivity (Wildman–Crippen MR) is 93.7 cm³/mol. The Labute approximate surface area is 150 Å². The van der Waals surface area contributed by atoms with Crippen molar-refractivity contribution in [1.29, 1.82) is 0 Å². The van der Waals surface area contributed by atoms with E-state index in [9.17, 15) is 9.18 Å². The number of aromatic nitrogens is 2. The summed E-state index contributed by atoms with van der Waals surface area (Å²) >= 11 is 5.81. The summed E-state index contributed by atoms with van der Waals surface area (Å²) < 4.78 is 15.7. The van der Waals surface area contributed by atoms with Crippen LogP contribution in [0, 0.1) is 18.7 Å². The van der Waals surface area contributed by atoms with Crippen LogP contribution in [0.3, 0.4) is 0 Å². The van der Waals surface area contributed by atoms with Crippen molar-refractivity contribution in [3.05, 3.63) is 52.1 Å². The number of hydrogen-bond acceptors (Lipinski definition) is 3. The molecule has 0 radical (unpaired) electrons. The van der Waals surface area contributed by atoms with Crippen LogP contribution >= 0.6 is 11.6 Å². The van der Waals surface area contributed by atoms with Crippen molar-refractivity contribution in [2.45, 2.75) is 32.2 Å². The van der Waals surface area contributed by atoms with E-state index >= 15 is 0 Å². The second kappa shape index (κ2) is 7.54. The van der Waals surface area contributed by atoms with E-state index in [1.807, 2.05) is 13.0 Å². The van der Waals surface area contributed by atoms with E-state index in [4.69, 9.17) is 16.7 Å². The Morgan fingerprint density at radius 3 is 2.96 bits per heavy atom. The van der Waals surface area contributed by atoms with E-state index in [-0.39, 0.29) is 22.6 Å². The smallest absolute Gasteiger partial charge is 0.356 e. The first-order chi connectivity index (χ1) is 12.0. The average molecular weight is 366 g/mol. The molecule has 3 rings (SSSR count). The van der Waals surface area contributed by atoms with E-state index in [0.29, 0.717) is 6.54 Å². The third kappa shape index (κ3) is 4.02. The molecule has 25 heavy (non-hydrogen) atoms. The lowest BCUT2D eigenvalue weighted by Crippen LogP contribution is -2.28. The third-order valence-corrected chi connectivity index (χ3v) is 5.13. The molecular formula is C18H21ClFN3O2. The van der Waals surface area contributed by atoms with Crippen LogP contribution in [0.25, 0.3) is 0 Å². The normalized spacial score (nSPS) is 21.1. The van der Waals surface area contributed by atoms with Gasteiger partial charge in [0.05, 0.1) is 5.02 Å². The van der Waals surface area contributed by atoms with Crippen molar-refractivity contribution in [2.24, 2.45) is 5.92 Å². The highest BCUT2D eigenvalue weighted by Gasteiger charge is 2.27. The zero-order valence-corrected chi connectivity index (χ0v) is 14.8. The molecule has 1 fully saturated rings. The molecular weight excluding hydrogens is 345 g/mol. The lowest BCUT2D eigenvalue weighted by Gasteiger charge is -2.26. The molecule has 0 saturated carbocycles. The quantitative estimate of drug-likeness (QED) is 0.870. The van der Waals surface area contributed by atoms with Gasteiger partial charge in [-0.3, -0.25) is 4.68 Å². The molecule has 2 heterocycles. The van der Waals surface area contributed by atoms with Gasteiger partial charge in [0.1, 0.15) is 5.82 Å². The summed E-state index contributed by atoms with van der Waals surface area (Å²) in [6.45, 7) is 4.12. The number of carbonyl (C=O) groups is 1. The van der Waals surface area contributed by atoms with Gasteiger partial charge in [-0.15, -0.1) is 0 Å². The molecule has 2 atom stereocenters. The number of carboxylic acids is 1. The van der Waals surface area contributed by atoms with Crippen molar-refractivity contribution >= 4 is 17.6 Å². The highest BCUT2D eigenvalue weighted by Crippen LogP contribution is 2.33. The van der Waals surface area contributed by atoms with Gasteiger partial charge in [-0.25, -0.2) is 9.18 Å². The number of aromatic carboxylic acids is 1. The third-order valence-electron chi connectivity index (χ3n) is 4.82. The van der Waals surface area contributed by atoms with Gasteiger partial charge in [-0.05, 0) is 61.9 Å². The largest absolute Gasteiger partial charge is 0.476 e. The van der Waals surface area contributed by atoms with Crippen LogP contribution in [0.5, 0.6) is 0 Å². The van der Waals surface area contributed by atoms with Crippen LogP contribution in [-0.2, 0) is 6.54 Å². The van der Waals surface area contributed by atoms with Crippen molar-refractivity contribution in [3.8, 4) is 0 Å². The van der Waals surface area contributed by atoms with Crippen LogP contribution < -0.4 is 5.32 Å². The van der Waals surface area contributed by atoms with Gasteiger partial charge < -0.3 is 10.4 Å². The maximum Gasteiger partial charge on any atom is 0.356 e. The van der Waals surface area contributed by atoms with E-state index in [0.717, 1.165) is 37.2 Å². The molecule has 0 amide bonds. The molecule has 0 spiro atoms. The fraction of sp³-hybridized carbons (Fsp3) is 0.444. The van der Waals surface area contributed by atoms with E-state index in [1.54, 1.807) is 16.8 Å². The zero-order chi connectivity index (χ0) is 18.0. The summed E-state index contributed by atoms with van der Waals surface area (Å²) in [5, 5.41) is 16.8. The summed E-state index contributed by atoms with van der Waals surface area (Å²) in [5.41, 5.74) is 1.79. The maximum atomic E-state index is 13.9. The summed E-state index contributed by atoms with van der Waals surface area (Å²) in [6.07, 6.45) is 1.94.